The molecule has 6 rings (SSSR count). The summed E-state index contributed by atoms with van der Waals surface area (Å²) in [5.41, 5.74) is 7.86. The van der Waals surface area contributed by atoms with Crippen molar-refractivity contribution in [1.82, 2.24) is 19.0 Å². The molecule has 0 bridgehead atoms. The molecule has 0 spiro atoms. The Balaban J connectivity index is 0.00000228. The Morgan fingerprint density at radius 3 is 2.70 bits per heavy atom. The number of pyridine rings is 2. The first-order chi connectivity index (χ1) is 15.6. The number of aryl methyl sites for hydroxylation is 2. The number of piperidine rings is 1. The number of aromatic nitrogens is 3. The second-order valence-corrected chi connectivity index (χ2v) is 9.32. The molecule has 2 aliphatic rings. The van der Waals surface area contributed by atoms with Gasteiger partial charge in [0.05, 0.1) is 11.2 Å². The first-order valence-electron chi connectivity index (χ1n) is 11.6. The van der Waals surface area contributed by atoms with E-state index < -0.39 is 0 Å². The normalized spacial score (nSPS) is 17.9. The van der Waals surface area contributed by atoms with Gasteiger partial charge in [0.2, 0.25) is 0 Å². The quantitative estimate of drug-likeness (QED) is 0.428. The summed E-state index contributed by atoms with van der Waals surface area (Å²) < 4.78 is 4.09. The highest BCUT2D eigenvalue weighted by atomic mass is 16.1. The number of benzene rings is 1. The summed E-state index contributed by atoms with van der Waals surface area (Å²) in [7, 11) is 2.18. The predicted molar refractivity (Wildman–Crippen MR) is 135 cm³/mol. The van der Waals surface area contributed by atoms with Crippen LogP contribution in [0.15, 0.2) is 59.7 Å². The molecule has 5 heterocycles. The van der Waals surface area contributed by atoms with Crippen LogP contribution in [0.5, 0.6) is 0 Å². The number of hydrogen-bond donors (Lipinski definition) is 0. The monoisotopic (exact) mass is 440 g/mol. The fourth-order valence-electron chi connectivity index (χ4n) is 5.58. The van der Waals surface area contributed by atoms with E-state index in [9.17, 15) is 4.79 Å². The molecule has 1 aromatic carbocycles. The number of hydrogen-bond acceptors (Lipinski definition) is 3. The zero-order valence-electron chi connectivity index (χ0n) is 18.7. The van der Waals surface area contributed by atoms with Gasteiger partial charge in [0.15, 0.2) is 0 Å². The molecule has 3 aromatic heterocycles. The van der Waals surface area contributed by atoms with Crippen LogP contribution in [0.2, 0.25) is 0 Å². The second-order valence-electron chi connectivity index (χ2n) is 9.32. The van der Waals surface area contributed by atoms with Crippen LogP contribution in [-0.2, 0) is 20.0 Å². The van der Waals surface area contributed by atoms with Crippen LogP contribution >= 0.6 is 0 Å². The molecule has 1 unspecified atom stereocenters. The maximum Gasteiger partial charge on any atom is 0.255 e. The molecule has 1 saturated heterocycles. The van der Waals surface area contributed by atoms with Crippen LogP contribution in [0.1, 0.15) is 43.6 Å². The van der Waals surface area contributed by atoms with Gasteiger partial charge in [-0.15, -0.1) is 0 Å². The first kappa shape index (κ1) is 21.7. The summed E-state index contributed by atoms with van der Waals surface area (Å²) in [5, 5.41) is 1.32. The topological polar surface area (TPSA) is 43.1 Å². The average molecular weight is 441 g/mol. The minimum absolute atomic E-state index is 0. The lowest BCUT2D eigenvalue weighted by Crippen LogP contribution is -2.43. The van der Waals surface area contributed by atoms with Gasteiger partial charge in [-0.05, 0) is 61.7 Å². The van der Waals surface area contributed by atoms with E-state index in [0.29, 0.717) is 6.04 Å². The second kappa shape index (κ2) is 8.31. The largest absolute Gasteiger partial charge is 0.347 e. The molecular weight excluding hydrogens is 408 g/mol. The third-order valence-corrected chi connectivity index (χ3v) is 7.40. The minimum Gasteiger partial charge on any atom is -0.347 e. The Hall–Kier alpha value is -3.18. The number of rotatable bonds is 2. The van der Waals surface area contributed by atoms with Crippen LogP contribution in [0.25, 0.3) is 27.7 Å². The molecule has 170 valence electrons. The first-order valence-corrected chi connectivity index (χ1v) is 11.6. The van der Waals surface area contributed by atoms with Gasteiger partial charge in [0.25, 0.3) is 5.56 Å². The predicted octanol–water partition coefficient (Wildman–Crippen LogP) is 5.25. The summed E-state index contributed by atoms with van der Waals surface area (Å²) in [6.07, 6.45) is 8.81. The summed E-state index contributed by atoms with van der Waals surface area (Å²) in [6.45, 7) is 4.23. The van der Waals surface area contributed by atoms with Crippen molar-refractivity contribution in [2.24, 2.45) is 7.05 Å². The van der Waals surface area contributed by atoms with E-state index in [-0.39, 0.29) is 13.0 Å². The van der Waals surface area contributed by atoms with E-state index in [0.717, 1.165) is 35.5 Å². The molecule has 0 radical (unpaired) electrons. The molecule has 33 heavy (non-hydrogen) atoms. The van der Waals surface area contributed by atoms with Gasteiger partial charge in [-0.2, -0.15) is 0 Å². The lowest BCUT2D eigenvalue weighted by Gasteiger charge is -2.39. The van der Waals surface area contributed by atoms with Gasteiger partial charge in [-0.25, -0.2) is 0 Å². The average Bonchev–Trinajstić information content (AvgIpc) is 3.09. The molecule has 0 N–H and O–H groups in total. The SMILES string of the molecule is C.Cc1ccc(-c2ccn(-c3ccc4c5c(n(C)c4c3)CC3CCCCN3C5)c(=O)c2)cn1. The Morgan fingerprint density at radius 1 is 1.03 bits per heavy atom. The van der Waals surface area contributed by atoms with Gasteiger partial charge in [-0.1, -0.05) is 26.0 Å². The highest BCUT2D eigenvalue weighted by molar-refractivity contribution is 5.87. The fraction of sp³-hybridized carbons (Fsp3) is 0.357. The summed E-state index contributed by atoms with van der Waals surface area (Å²) in [6, 6.07) is 14.8. The zero-order valence-corrected chi connectivity index (χ0v) is 18.7. The molecular formula is C28H32N4O. The summed E-state index contributed by atoms with van der Waals surface area (Å²) in [5.74, 6) is 0. The Kier molecular flexibility index (Phi) is 5.45. The Morgan fingerprint density at radius 2 is 1.91 bits per heavy atom. The van der Waals surface area contributed by atoms with Gasteiger partial charge in [-0.3, -0.25) is 19.2 Å². The minimum atomic E-state index is -0.0291. The van der Waals surface area contributed by atoms with Crippen molar-refractivity contribution in [2.75, 3.05) is 6.54 Å². The van der Waals surface area contributed by atoms with Crippen molar-refractivity contribution in [1.29, 1.82) is 0 Å². The standard InChI is InChI=1S/C27H28N4O.CH4/c1-18-6-7-20(16-28-18)19-10-12-31(27(32)13-19)22-8-9-23-24-17-30-11-4-3-5-21(30)14-26(24)29(2)25(23)15-22;/h6-10,12-13,15-16,21H,3-5,11,14,17H2,1-2H3;1H4. The molecule has 0 aliphatic carbocycles. The van der Waals surface area contributed by atoms with Crippen molar-refractivity contribution < 1.29 is 0 Å². The van der Waals surface area contributed by atoms with Gasteiger partial charge in [0, 0.05) is 66.9 Å². The van der Waals surface area contributed by atoms with E-state index in [1.165, 1.54) is 48.0 Å². The van der Waals surface area contributed by atoms with E-state index in [1.54, 1.807) is 10.6 Å². The smallest absolute Gasteiger partial charge is 0.255 e. The highest BCUT2D eigenvalue weighted by Crippen LogP contribution is 2.36. The van der Waals surface area contributed by atoms with Crippen LogP contribution < -0.4 is 5.56 Å². The summed E-state index contributed by atoms with van der Waals surface area (Å²) >= 11 is 0. The van der Waals surface area contributed by atoms with Gasteiger partial charge in [0.1, 0.15) is 0 Å². The van der Waals surface area contributed by atoms with E-state index >= 15 is 0 Å². The van der Waals surface area contributed by atoms with Crippen molar-refractivity contribution >= 4 is 10.9 Å². The van der Waals surface area contributed by atoms with Gasteiger partial charge >= 0.3 is 0 Å². The van der Waals surface area contributed by atoms with Gasteiger partial charge < -0.3 is 4.57 Å². The highest BCUT2D eigenvalue weighted by Gasteiger charge is 2.31. The fourth-order valence-corrected chi connectivity index (χ4v) is 5.58. The van der Waals surface area contributed by atoms with Crippen molar-refractivity contribution in [3.63, 3.8) is 0 Å². The van der Waals surface area contributed by atoms with Crippen molar-refractivity contribution in [3.05, 3.63) is 82.2 Å². The maximum atomic E-state index is 13.0. The van der Waals surface area contributed by atoms with E-state index in [2.05, 4.69) is 39.7 Å². The Bertz CT molecular complexity index is 1380. The molecule has 5 heteroatoms. The lowest BCUT2D eigenvalue weighted by molar-refractivity contribution is 0.126. The molecule has 5 nitrogen and oxygen atoms in total. The molecule has 2 aliphatic heterocycles. The van der Waals surface area contributed by atoms with Crippen molar-refractivity contribution in [3.8, 4) is 16.8 Å². The third-order valence-electron chi connectivity index (χ3n) is 7.40. The van der Waals surface area contributed by atoms with Crippen LogP contribution in [0, 0.1) is 6.92 Å². The van der Waals surface area contributed by atoms with Crippen LogP contribution in [0.3, 0.4) is 0 Å². The number of fused-ring (bicyclic) bond motifs is 4. The molecule has 1 fully saturated rings. The lowest BCUT2D eigenvalue weighted by atomic mass is 9.91. The van der Waals surface area contributed by atoms with Crippen LogP contribution in [0.4, 0.5) is 0 Å². The maximum absolute atomic E-state index is 13.0. The van der Waals surface area contributed by atoms with E-state index in [1.807, 2.05) is 37.5 Å². The molecule has 1 atom stereocenters. The third kappa shape index (κ3) is 3.61. The Labute approximate surface area is 195 Å². The molecule has 4 aromatic rings. The summed E-state index contributed by atoms with van der Waals surface area (Å²) in [4.78, 5) is 20.0. The van der Waals surface area contributed by atoms with Crippen molar-refractivity contribution in [2.45, 2.75) is 52.6 Å². The number of nitrogens with zero attached hydrogens (tertiary/aromatic N) is 4. The zero-order chi connectivity index (χ0) is 21.8. The molecule has 0 amide bonds. The van der Waals surface area contributed by atoms with E-state index in [4.69, 9.17) is 0 Å². The molecule has 0 saturated carbocycles. The van der Waals surface area contributed by atoms with Crippen LogP contribution in [-0.4, -0.2) is 31.6 Å².